The Balaban J connectivity index is 0.598. The number of rotatable bonds is 20. The number of hydrogen-bond acceptors (Lipinski definition) is 17. The number of alkyl carbamates (subject to hydrolysis) is 1. The number of nitrogens with zero attached hydrogens (tertiary/aromatic N) is 10. The van der Waals surface area contributed by atoms with E-state index < -0.39 is 48.7 Å². The second-order valence-corrected chi connectivity index (χ2v) is 24.0. The van der Waals surface area contributed by atoms with Gasteiger partial charge in [-0.25, -0.2) is 29.0 Å². The van der Waals surface area contributed by atoms with Crippen molar-refractivity contribution in [2.24, 2.45) is 11.5 Å². The molecule has 23 nitrogen and oxygen atoms in total. The standard InChI is InChI=1S/C62H76N14O9/c63-38(17-18-47(64)61(79)80)31-48-53(77)56(60(84-48)75-35-69-50-57(65)67-34-68-58(50)75)82-33-39-32-70-71-76(39)26-6-2-1-5-21-66-62(81)83-40-19-27-74(28-20-40)59(78)42-14-4-3-13-41(42)49-45-29-36-11-7-22-72-24-9-15-43(51(36)72)54(45)85-55-44-16-10-25-73-23-8-12-37(52(44)73)30-46(49)55/h3-4,13-14,29-30,32,34-35,38,40,47-48,53,56,60,77H,1-2,5-12,15-28,31,33,63-64H2,(H3-,65,66,67,68,79,80,81)/p+1/t38-,47?,48+,53+,56+,60+/m0/s1. The van der Waals surface area contributed by atoms with Crippen LogP contribution in [-0.2, 0) is 57.8 Å². The minimum absolute atomic E-state index is 0.00753. The molecule has 2 amide bonds. The van der Waals surface area contributed by atoms with E-state index in [0.29, 0.717) is 67.9 Å². The van der Waals surface area contributed by atoms with Gasteiger partial charge in [-0.05, 0) is 100.0 Å². The summed E-state index contributed by atoms with van der Waals surface area (Å²) in [5, 5.41) is 34.7. The largest absolute Gasteiger partial charge is 0.480 e. The number of hydrogen-bond donors (Lipinski definition) is 6. The van der Waals surface area contributed by atoms with Crippen LogP contribution in [0.25, 0.3) is 16.7 Å². The zero-order valence-electron chi connectivity index (χ0n) is 48.1. The molecule has 7 aliphatic rings. The number of nitrogen functional groups attached to an aromatic ring is 1. The number of ether oxygens (including phenoxy) is 4. The molecule has 7 aliphatic heterocycles. The summed E-state index contributed by atoms with van der Waals surface area (Å²) in [6.07, 6.45) is 13.7. The predicted octanol–water partition coefficient (Wildman–Crippen LogP) is 3.78. The molecule has 0 spiro atoms. The number of piperidine rings is 1. The summed E-state index contributed by atoms with van der Waals surface area (Å²) in [5.41, 5.74) is 30.3. The number of likely N-dealkylation sites (tertiary alicyclic amines) is 1. The first kappa shape index (κ1) is 56.6. The number of amides is 2. The molecule has 448 valence electrons. The van der Waals surface area contributed by atoms with Crippen molar-refractivity contribution >= 4 is 46.2 Å². The monoisotopic (exact) mass is 1160 g/mol. The third-order valence-electron chi connectivity index (χ3n) is 18.5. The van der Waals surface area contributed by atoms with Crippen LogP contribution in [0, 0.1) is 0 Å². The van der Waals surface area contributed by atoms with E-state index in [-0.39, 0.29) is 37.3 Å². The van der Waals surface area contributed by atoms with Gasteiger partial charge in [-0.2, -0.15) is 0 Å². The average Bonchev–Trinajstić information content (AvgIpc) is 2.14. The summed E-state index contributed by atoms with van der Waals surface area (Å²) < 4.78 is 32.0. The molecule has 85 heavy (non-hydrogen) atoms. The first-order valence-electron chi connectivity index (χ1n) is 30.7. The first-order chi connectivity index (χ1) is 41.5. The molecule has 1 unspecified atom stereocenters. The van der Waals surface area contributed by atoms with Gasteiger partial charge < -0.3 is 61.5 Å². The number of aryl methyl sites for hydroxylation is 3. The molecule has 2 fully saturated rings. The molecule has 23 heteroatoms. The normalized spacial score (nSPS) is 21.4. The molecule has 13 rings (SSSR count). The van der Waals surface area contributed by atoms with Crippen LogP contribution in [-0.4, -0.2) is 150 Å². The van der Waals surface area contributed by atoms with Crippen molar-refractivity contribution in [3.63, 3.8) is 0 Å². The number of carboxylic acid groups (broad SMARTS) is 1. The van der Waals surface area contributed by atoms with Crippen LogP contribution in [0.4, 0.5) is 16.3 Å². The number of aliphatic hydroxyl groups excluding tert-OH is 1. The average molecular weight is 1160 g/mol. The lowest BCUT2D eigenvalue weighted by atomic mass is 9.81. The van der Waals surface area contributed by atoms with Crippen molar-refractivity contribution < 1.29 is 43.5 Å². The molecule has 0 aliphatic carbocycles. The second kappa shape index (κ2) is 24.4. The van der Waals surface area contributed by atoms with Crippen LogP contribution in [0.1, 0.15) is 139 Å². The minimum Gasteiger partial charge on any atom is -0.480 e. The number of aromatic nitrogens is 7. The summed E-state index contributed by atoms with van der Waals surface area (Å²) in [6.45, 7) is 6.38. The molecular formula is C62H77N14O9+. The van der Waals surface area contributed by atoms with Crippen molar-refractivity contribution in [3.8, 4) is 11.5 Å². The van der Waals surface area contributed by atoms with Crippen molar-refractivity contribution in [2.75, 3.05) is 56.4 Å². The van der Waals surface area contributed by atoms with E-state index in [2.05, 4.69) is 64.3 Å². The SMILES string of the molecule is Nc1ncnc2c1ncn2[C@@H]1O[C@H](C[C@@H](N)CCC(N)C(=O)O)[C@@H](O)[C@H]1OCc1cnnn1CCCCCCNC(=O)OC1CCN(C(=O)c2ccccc2C2=c3cc4c5c(c3Oc3c2cc2c6c3CCCN6CCC2)CCC[N+]=5CCC4)CC1. The molecule has 2 saturated heterocycles. The topological polar surface area (TPSA) is 302 Å². The third kappa shape index (κ3) is 11.2. The van der Waals surface area contributed by atoms with Gasteiger partial charge in [0.05, 0.1) is 36.5 Å². The van der Waals surface area contributed by atoms with Crippen LogP contribution < -0.4 is 47.3 Å². The second-order valence-electron chi connectivity index (χ2n) is 24.0. The first-order valence-corrected chi connectivity index (χ1v) is 30.7. The number of carbonyl (C=O) groups is 3. The molecule has 6 aromatic rings. The zero-order valence-corrected chi connectivity index (χ0v) is 48.1. The maximum absolute atomic E-state index is 14.9. The number of carboxylic acids is 1. The Morgan fingerprint density at radius 3 is 2.51 bits per heavy atom. The molecule has 9 N–H and O–H groups in total. The van der Waals surface area contributed by atoms with E-state index in [0.717, 1.165) is 137 Å². The van der Waals surface area contributed by atoms with Gasteiger partial charge in [0.15, 0.2) is 17.7 Å². The van der Waals surface area contributed by atoms with E-state index in [1.807, 2.05) is 17.0 Å². The summed E-state index contributed by atoms with van der Waals surface area (Å²) in [7, 11) is 0. The molecule has 3 aromatic heterocycles. The van der Waals surface area contributed by atoms with E-state index in [4.69, 9.17) is 36.1 Å². The highest BCUT2D eigenvalue weighted by atomic mass is 16.6. The predicted molar refractivity (Wildman–Crippen MR) is 314 cm³/mol. The third-order valence-corrected chi connectivity index (χ3v) is 18.5. The lowest BCUT2D eigenvalue weighted by molar-refractivity contribution is -0.138. The molecule has 10 heterocycles. The van der Waals surface area contributed by atoms with Gasteiger partial charge in [-0.3, -0.25) is 14.2 Å². The van der Waals surface area contributed by atoms with Gasteiger partial charge in [0.2, 0.25) is 5.36 Å². The highest BCUT2D eigenvalue weighted by molar-refractivity contribution is 6.02. The summed E-state index contributed by atoms with van der Waals surface area (Å²) >= 11 is 0. The van der Waals surface area contributed by atoms with Crippen LogP contribution >= 0.6 is 0 Å². The lowest BCUT2D eigenvalue weighted by Gasteiger charge is -2.39. The Bertz CT molecular complexity index is 3650. The number of aliphatic carboxylic acids is 1. The van der Waals surface area contributed by atoms with Gasteiger partial charge in [0, 0.05) is 110 Å². The maximum Gasteiger partial charge on any atom is 0.407 e. The molecule has 0 bridgehead atoms. The van der Waals surface area contributed by atoms with Gasteiger partial charge in [-0.15, -0.1) is 5.10 Å². The van der Waals surface area contributed by atoms with Crippen molar-refractivity contribution in [3.05, 3.63) is 110 Å². The van der Waals surface area contributed by atoms with Crippen molar-refractivity contribution in [1.29, 1.82) is 0 Å². The Kier molecular flexibility index (Phi) is 16.3. The summed E-state index contributed by atoms with van der Waals surface area (Å²) in [6, 6.07) is 11.4. The Hall–Kier alpha value is -7.57. The molecule has 0 radical (unpaired) electrons. The Morgan fingerprint density at radius 1 is 0.871 bits per heavy atom. The number of aliphatic hydroxyl groups is 1. The maximum atomic E-state index is 14.9. The quantitative estimate of drug-likeness (QED) is 0.0467. The van der Waals surface area contributed by atoms with Crippen LogP contribution in [0.15, 0.2) is 55.2 Å². The van der Waals surface area contributed by atoms with E-state index in [1.165, 1.54) is 46.0 Å². The smallest absolute Gasteiger partial charge is 0.407 e. The van der Waals surface area contributed by atoms with Gasteiger partial charge >= 0.3 is 12.1 Å². The molecule has 0 saturated carbocycles. The number of unbranched alkanes of at least 4 members (excludes halogenated alkanes) is 3. The van der Waals surface area contributed by atoms with Crippen molar-refractivity contribution in [2.45, 2.75) is 165 Å². The fourth-order valence-corrected chi connectivity index (χ4v) is 14.2. The van der Waals surface area contributed by atoms with Crippen LogP contribution in [0.5, 0.6) is 11.5 Å². The number of fused-ring (bicyclic) bond motifs is 5. The van der Waals surface area contributed by atoms with E-state index in [9.17, 15) is 24.6 Å². The van der Waals surface area contributed by atoms with Gasteiger partial charge in [0.1, 0.15) is 60.8 Å². The number of benzene rings is 3. The van der Waals surface area contributed by atoms with Gasteiger partial charge in [-0.1, -0.05) is 36.3 Å². The molecule has 3 aromatic carbocycles. The molecule has 6 atom stereocenters. The van der Waals surface area contributed by atoms with E-state index in [1.54, 1.807) is 15.4 Å². The summed E-state index contributed by atoms with van der Waals surface area (Å²) in [4.78, 5) is 56.6. The number of anilines is 2. The zero-order chi connectivity index (χ0) is 58.3. The number of nitrogens with two attached hydrogens (primary N) is 3. The number of nitrogens with one attached hydrogen (secondary N) is 1. The minimum atomic E-state index is -1.12. The Labute approximate surface area is 492 Å². The van der Waals surface area contributed by atoms with Crippen molar-refractivity contribution in [1.82, 2.24) is 49.3 Å². The van der Waals surface area contributed by atoms with Crippen LogP contribution in [0.3, 0.4) is 0 Å². The highest BCUT2D eigenvalue weighted by Gasteiger charge is 2.47. The summed E-state index contributed by atoms with van der Waals surface area (Å²) in [5.74, 6) is 1.03. The van der Waals surface area contributed by atoms with Crippen LogP contribution in [0.2, 0.25) is 0 Å². The highest BCUT2D eigenvalue weighted by Crippen LogP contribution is 2.49. The fourth-order valence-electron chi connectivity index (χ4n) is 14.2. The molecular weight excluding hydrogens is 1080 g/mol. The van der Waals surface area contributed by atoms with Gasteiger partial charge in [0.25, 0.3) is 5.91 Å². The number of imidazole rings is 1. The fraction of sp³-hybridized carbons (Fsp3) is 0.532. The number of carbonyl (C=O) groups excluding carboxylic acids is 2. The Morgan fingerprint density at radius 2 is 1.66 bits per heavy atom. The lowest BCUT2D eigenvalue weighted by Crippen LogP contribution is -2.45. The van der Waals surface area contributed by atoms with E-state index >= 15 is 0 Å².